The predicted molar refractivity (Wildman–Crippen MR) is 115 cm³/mol. The van der Waals surface area contributed by atoms with E-state index in [1.807, 2.05) is 30.3 Å². The van der Waals surface area contributed by atoms with Crippen LogP contribution in [0.15, 0.2) is 75.9 Å². The third kappa shape index (κ3) is 4.87. The summed E-state index contributed by atoms with van der Waals surface area (Å²) in [4.78, 5) is 29.3. The second-order valence-corrected chi connectivity index (χ2v) is 6.84. The van der Waals surface area contributed by atoms with Gasteiger partial charge in [0.2, 0.25) is 17.6 Å². The highest BCUT2D eigenvalue weighted by molar-refractivity contribution is 6.06. The third-order valence-electron chi connectivity index (χ3n) is 4.66. The van der Waals surface area contributed by atoms with Crippen molar-refractivity contribution in [3.05, 3.63) is 83.9 Å². The van der Waals surface area contributed by atoms with Crippen molar-refractivity contribution in [2.24, 2.45) is 0 Å². The van der Waals surface area contributed by atoms with Crippen LogP contribution in [0, 0.1) is 6.92 Å². The molecular formula is C23H20N4O4. The average molecular weight is 416 g/mol. The molecule has 0 atom stereocenters. The number of benzene rings is 2. The number of aromatic nitrogens is 2. The topological polar surface area (TPSA) is 110 Å². The number of anilines is 2. The molecule has 0 spiro atoms. The molecule has 8 heteroatoms. The summed E-state index contributed by atoms with van der Waals surface area (Å²) in [5.41, 5.74) is 2.45. The molecule has 4 rings (SSSR count). The van der Waals surface area contributed by atoms with E-state index >= 15 is 0 Å². The van der Waals surface area contributed by atoms with E-state index < -0.39 is 0 Å². The van der Waals surface area contributed by atoms with Crippen LogP contribution in [-0.4, -0.2) is 22.0 Å². The van der Waals surface area contributed by atoms with Crippen LogP contribution < -0.4 is 10.6 Å². The summed E-state index contributed by atoms with van der Waals surface area (Å²) < 4.78 is 10.4. The van der Waals surface area contributed by atoms with Gasteiger partial charge in [-0.1, -0.05) is 29.4 Å². The van der Waals surface area contributed by atoms with Gasteiger partial charge in [0.15, 0.2) is 5.76 Å². The Hall–Kier alpha value is -4.20. The van der Waals surface area contributed by atoms with Gasteiger partial charge in [-0.25, -0.2) is 0 Å². The fourth-order valence-electron chi connectivity index (χ4n) is 3.03. The lowest BCUT2D eigenvalue weighted by Crippen LogP contribution is -2.17. The van der Waals surface area contributed by atoms with Crippen molar-refractivity contribution < 1.29 is 18.5 Å². The van der Waals surface area contributed by atoms with E-state index in [1.165, 1.54) is 6.26 Å². The summed E-state index contributed by atoms with van der Waals surface area (Å²) in [7, 11) is 0. The van der Waals surface area contributed by atoms with Gasteiger partial charge in [-0.3, -0.25) is 9.59 Å². The van der Waals surface area contributed by atoms with Crippen LogP contribution in [0.2, 0.25) is 0 Å². The first-order valence-electron chi connectivity index (χ1n) is 9.72. The Balaban J connectivity index is 1.37. The molecule has 0 saturated carbocycles. The summed E-state index contributed by atoms with van der Waals surface area (Å²) in [5, 5.41) is 9.54. The summed E-state index contributed by atoms with van der Waals surface area (Å²) in [6.45, 7) is 1.79. The largest absolute Gasteiger partial charge is 0.461 e. The number of nitrogens with one attached hydrogen (secondary N) is 2. The number of carbonyl (C=O) groups excluding carboxylic acids is 2. The van der Waals surface area contributed by atoms with Crippen LogP contribution in [-0.2, 0) is 11.2 Å². The molecule has 8 nitrogen and oxygen atoms in total. The second kappa shape index (κ2) is 9.08. The number of nitrogens with zero attached hydrogens (tertiary/aromatic N) is 2. The van der Waals surface area contributed by atoms with Crippen molar-refractivity contribution in [3.63, 3.8) is 0 Å². The van der Waals surface area contributed by atoms with Crippen molar-refractivity contribution >= 4 is 23.2 Å². The highest BCUT2D eigenvalue weighted by Gasteiger charge is 2.15. The number of amides is 2. The molecule has 2 N–H and O–H groups in total. The number of hydrogen-bond donors (Lipinski definition) is 2. The van der Waals surface area contributed by atoms with Gasteiger partial charge < -0.3 is 19.6 Å². The number of para-hydroxylation sites is 1. The number of rotatable bonds is 7. The zero-order chi connectivity index (χ0) is 21.6. The Morgan fingerprint density at radius 3 is 2.58 bits per heavy atom. The molecule has 4 aromatic rings. The molecule has 0 aliphatic carbocycles. The monoisotopic (exact) mass is 416 g/mol. The van der Waals surface area contributed by atoms with Crippen molar-refractivity contribution in [1.82, 2.24) is 10.1 Å². The molecule has 0 fully saturated rings. The normalized spacial score (nSPS) is 10.6. The highest BCUT2D eigenvalue weighted by atomic mass is 16.5. The molecule has 0 aliphatic rings. The smallest absolute Gasteiger partial charge is 0.256 e. The molecule has 2 amide bonds. The maximum absolute atomic E-state index is 12.6. The first kappa shape index (κ1) is 20.1. The van der Waals surface area contributed by atoms with Crippen LogP contribution in [0.1, 0.15) is 28.2 Å². The van der Waals surface area contributed by atoms with E-state index in [4.69, 9.17) is 8.94 Å². The van der Waals surface area contributed by atoms with Crippen molar-refractivity contribution in [2.75, 3.05) is 10.6 Å². The minimum absolute atomic E-state index is 0.152. The lowest BCUT2D eigenvalue weighted by Gasteiger charge is -2.12. The van der Waals surface area contributed by atoms with Crippen molar-refractivity contribution in [2.45, 2.75) is 19.8 Å². The van der Waals surface area contributed by atoms with Crippen LogP contribution in [0.3, 0.4) is 0 Å². The summed E-state index contributed by atoms with van der Waals surface area (Å²) in [5.74, 6) is 0.723. The standard InChI is InChI=1S/C23H20N4O4/c1-15-17(23(29)24-16-7-3-2-4-8-16)9-5-10-18(15)25-20(28)12-13-21-26-22(27-31-21)19-11-6-14-30-19/h2-11,14H,12-13H2,1H3,(H,24,29)(H,25,28). The molecule has 0 unspecified atom stereocenters. The van der Waals surface area contributed by atoms with E-state index in [0.717, 1.165) is 0 Å². The number of furan rings is 1. The van der Waals surface area contributed by atoms with Crippen molar-refractivity contribution in [1.29, 1.82) is 0 Å². The Morgan fingerprint density at radius 2 is 1.81 bits per heavy atom. The van der Waals surface area contributed by atoms with Gasteiger partial charge in [-0.2, -0.15) is 4.98 Å². The zero-order valence-electron chi connectivity index (χ0n) is 16.8. The minimum atomic E-state index is -0.240. The Bertz CT molecular complexity index is 1180. The fraction of sp³-hybridized carbons (Fsp3) is 0.130. The molecule has 0 saturated heterocycles. The van der Waals surface area contributed by atoms with E-state index in [2.05, 4.69) is 20.8 Å². The van der Waals surface area contributed by atoms with Gasteiger partial charge in [0.25, 0.3) is 5.91 Å². The molecule has 2 aromatic carbocycles. The van der Waals surface area contributed by atoms with Crippen LogP contribution in [0.5, 0.6) is 0 Å². The molecule has 31 heavy (non-hydrogen) atoms. The van der Waals surface area contributed by atoms with Gasteiger partial charge in [0.1, 0.15) is 0 Å². The summed E-state index contributed by atoms with van der Waals surface area (Å²) in [6, 6.07) is 17.9. The SMILES string of the molecule is Cc1c(NC(=O)CCc2nc(-c3ccco3)no2)cccc1C(=O)Nc1ccccc1. The van der Waals surface area contributed by atoms with Gasteiger partial charge in [-0.15, -0.1) is 0 Å². The first-order valence-corrected chi connectivity index (χ1v) is 9.72. The maximum atomic E-state index is 12.6. The molecule has 2 heterocycles. The Morgan fingerprint density at radius 1 is 0.968 bits per heavy atom. The van der Waals surface area contributed by atoms with Gasteiger partial charge >= 0.3 is 0 Å². The molecule has 0 bridgehead atoms. The van der Waals surface area contributed by atoms with Gasteiger partial charge in [-0.05, 0) is 48.9 Å². The van der Waals surface area contributed by atoms with Gasteiger partial charge in [0.05, 0.1) is 6.26 Å². The number of hydrogen-bond acceptors (Lipinski definition) is 6. The van der Waals surface area contributed by atoms with Crippen LogP contribution in [0.25, 0.3) is 11.6 Å². The zero-order valence-corrected chi connectivity index (χ0v) is 16.8. The van der Waals surface area contributed by atoms with E-state index in [1.54, 1.807) is 37.3 Å². The third-order valence-corrected chi connectivity index (χ3v) is 4.66. The lowest BCUT2D eigenvalue weighted by molar-refractivity contribution is -0.116. The number of aryl methyl sites for hydroxylation is 1. The fourth-order valence-corrected chi connectivity index (χ4v) is 3.03. The van der Waals surface area contributed by atoms with Crippen LogP contribution in [0.4, 0.5) is 11.4 Å². The summed E-state index contributed by atoms with van der Waals surface area (Å²) >= 11 is 0. The van der Waals surface area contributed by atoms with Crippen LogP contribution >= 0.6 is 0 Å². The Labute approximate surface area is 178 Å². The maximum Gasteiger partial charge on any atom is 0.256 e. The van der Waals surface area contributed by atoms with E-state index in [0.29, 0.717) is 40.0 Å². The molecule has 0 aliphatic heterocycles. The number of carbonyl (C=O) groups is 2. The Kier molecular flexibility index (Phi) is 5.89. The quantitative estimate of drug-likeness (QED) is 0.460. The minimum Gasteiger partial charge on any atom is -0.461 e. The highest BCUT2D eigenvalue weighted by Crippen LogP contribution is 2.21. The lowest BCUT2D eigenvalue weighted by atomic mass is 10.1. The van der Waals surface area contributed by atoms with Gasteiger partial charge in [0, 0.05) is 29.8 Å². The molecule has 156 valence electrons. The predicted octanol–water partition coefficient (Wildman–Crippen LogP) is 4.46. The second-order valence-electron chi connectivity index (χ2n) is 6.84. The van der Waals surface area contributed by atoms with E-state index in [-0.39, 0.29) is 24.7 Å². The molecule has 0 radical (unpaired) electrons. The molecular weight excluding hydrogens is 396 g/mol. The first-order chi connectivity index (χ1) is 15.1. The van der Waals surface area contributed by atoms with E-state index in [9.17, 15) is 9.59 Å². The van der Waals surface area contributed by atoms with Crippen molar-refractivity contribution in [3.8, 4) is 11.6 Å². The average Bonchev–Trinajstić information content (AvgIpc) is 3.46. The molecule has 2 aromatic heterocycles. The summed E-state index contributed by atoms with van der Waals surface area (Å²) in [6.07, 6.45) is 1.96.